The first-order chi connectivity index (χ1) is 13.8. The SMILES string of the molecule is NC(=O)[C@H](NCC(F)(F)F)C(=O)Nc1ccc(N2CCOCC2=O)cc1C(F)(F)F. The van der Waals surface area contributed by atoms with Crippen molar-refractivity contribution in [1.82, 2.24) is 5.32 Å². The van der Waals surface area contributed by atoms with Crippen LogP contribution in [0.4, 0.5) is 37.7 Å². The van der Waals surface area contributed by atoms with Gasteiger partial charge in [0.15, 0.2) is 6.04 Å². The van der Waals surface area contributed by atoms with E-state index in [1.165, 1.54) is 0 Å². The second-order valence-corrected chi connectivity index (χ2v) is 6.15. The van der Waals surface area contributed by atoms with E-state index in [1.54, 1.807) is 10.6 Å². The van der Waals surface area contributed by atoms with Crippen molar-refractivity contribution in [1.29, 1.82) is 0 Å². The van der Waals surface area contributed by atoms with E-state index in [0.29, 0.717) is 6.07 Å². The first kappa shape index (κ1) is 23.4. The molecule has 3 amide bonds. The van der Waals surface area contributed by atoms with Crippen molar-refractivity contribution in [2.24, 2.45) is 5.73 Å². The zero-order valence-electron chi connectivity index (χ0n) is 15.1. The number of primary amides is 1. The number of hydrogen-bond donors (Lipinski definition) is 3. The molecule has 1 aromatic carbocycles. The third-order valence-corrected chi connectivity index (χ3v) is 3.92. The summed E-state index contributed by atoms with van der Waals surface area (Å²) in [5, 5.41) is 3.31. The van der Waals surface area contributed by atoms with Crippen LogP contribution in [0.15, 0.2) is 18.2 Å². The fourth-order valence-electron chi connectivity index (χ4n) is 2.58. The van der Waals surface area contributed by atoms with Gasteiger partial charge in [-0.2, -0.15) is 26.3 Å². The van der Waals surface area contributed by atoms with Crippen molar-refractivity contribution in [3.8, 4) is 0 Å². The summed E-state index contributed by atoms with van der Waals surface area (Å²) in [4.78, 5) is 36.3. The summed E-state index contributed by atoms with van der Waals surface area (Å²) in [5.41, 5.74) is 2.57. The monoisotopic (exact) mass is 442 g/mol. The number of hydrogen-bond acceptors (Lipinski definition) is 5. The summed E-state index contributed by atoms with van der Waals surface area (Å²) >= 11 is 0. The molecule has 1 saturated heterocycles. The van der Waals surface area contributed by atoms with E-state index < -0.39 is 53.9 Å². The van der Waals surface area contributed by atoms with E-state index in [1.807, 2.05) is 0 Å². The molecular weight excluding hydrogens is 426 g/mol. The lowest BCUT2D eigenvalue weighted by Crippen LogP contribution is -2.52. The van der Waals surface area contributed by atoms with Crippen LogP contribution in [-0.4, -0.2) is 56.2 Å². The highest BCUT2D eigenvalue weighted by Crippen LogP contribution is 2.37. The number of anilines is 2. The molecule has 1 atom stereocenters. The molecule has 0 bridgehead atoms. The van der Waals surface area contributed by atoms with Crippen molar-refractivity contribution >= 4 is 29.1 Å². The minimum atomic E-state index is -4.99. The highest BCUT2D eigenvalue weighted by molar-refractivity contribution is 6.10. The topological polar surface area (TPSA) is 114 Å². The summed E-state index contributed by atoms with van der Waals surface area (Å²) in [5.74, 6) is -3.59. The average molecular weight is 442 g/mol. The lowest BCUT2D eigenvalue weighted by molar-refractivity contribution is -0.137. The molecule has 4 N–H and O–H groups in total. The number of nitrogens with zero attached hydrogens (tertiary/aromatic N) is 1. The van der Waals surface area contributed by atoms with E-state index in [2.05, 4.69) is 0 Å². The van der Waals surface area contributed by atoms with Crippen LogP contribution >= 0.6 is 0 Å². The van der Waals surface area contributed by atoms with Crippen molar-refractivity contribution in [3.63, 3.8) is 0 Å². The van der Waals surface area contributed by atoms with E-state index in [4.69, 9.17) is 10.5 Å². The molecule has 14 heteroatoms. The summed E-state index contributed by atoms with van der Waals surface area (Å²) in [6.07, 6.45) is -9.78. The molecule has 2 rings (SSSR count). The van der Waals surface area contributed by atoms with Gasteiger partial charge >= 0.3 is 12.4 Å². The summed E-state index contributed by atoms with van der Waals surface area (Å²) in [6.45, 7) is -1.97. The highest BCUT2D eigenvalue weighted by Gasteiger charge is 2.37. The first-order valence-electron chi connectivity index (χ1n) is 8.29. The van der Waals surface area contributed by atoms with Gasteiger partial charge in [0.2, 0.25) is 5.91 Å². The average Bonchev–Trinajstić information content (AvgIpc) is 2.60. The van der Waals surface area contributed by atoms with Crippen LogP contribution in [0.2, 0.25) is 0 Å². The van der Waals surface area contributed by atoms with E-state index >= 15 is 0 Å². The molecule has 0 aliphatic carbocycles. The Morgan fingerprint density at radius 1 is 1.20 bits per heavy atom. The first-order valence-corrected chi connectivity index (χ1v) is 8.29. The Balaban J connectivity index is 2.30. The molecule has 0 radical (unpaired) electrons. The van der Waals surface area contributed by atoms with E-state index in [-0.39, 0.29) is 25.4 Å². The number of nitrogens with two attached hydrogens (primary N) is 1. The lowest BCUT2D eigenvalue weighted by Gasteiger charge is -2.28. The number of nitrogens with one attached hydrogen (secondary N) is 2. The van der Waals surface area contributed by atoms with Gasteiger partial charge in [-0.25, -0.2) is 0 Å². The molecule has 0 unspecified atom stereocenters. The van der Waals surface area contributed by atoms with Gasteiger partial charge in [-0.15, -0.1) is 0 Å². The van der Waals surface area contributed by atoms with Gasteiger partial charge in [-0.3, -0.25) is 19.7 Å². The zero-order chi connectivity index (χ0) is 22.7. The smallest absolute Gasteiger partial charge is 0.370 e. The van der Waals surface area contributed by atoms with E-state index in [9.17, 15) is 40.7 Å². The molecule has 0 spiro atoms. The summed E-state index contributed by atoms with van der Waals surface area (Å²) in [6, 6.07) is 0.298. The van der Waals surface area contributed by atoms with Crippen LogP contribution in [-0.2, 0) is 25.3 Å². The number of rotatable bonds is 6. The Bertz CT molecular complexity index is 827. The Morgan fingerprint density at radius 2 is 1.87 bits per heavy atom. The Labute approximate surface area is 165 Å². The summed E-state index contributed by atoms with van der Waals surface area (Å²) < 4.78 is 82.2. The molecular formula is C16H16F6N4O4. The van der Waals surface area contributed by atoms with Crippen LogP contribution in [0.5, 0.6) is 0 Å². The normalized spacial score (nSPS) is 16.3. The second kappa shape index (κ2) is 8.87. The van der Waals surface area contributed by atoms with Crippen molar-refractivity contribution < 1.29 is 45.5 Å². The molecule has 1 aliphatic heterocycles. The van der Waals surface area contributed by atoms with Crippen LogP contribution < -0.4 is 21.3 Å². The number of benzene rings is 1. The van der Waals surface area contributed by atoms with Crippen LogP contribution in [0.25, 0.3) is 0 Å². The Hall–Kier alpha value is -2.87. The number of carbonyl (C=O) groups excluding carboxylic acids is 3. The van der Waals surface area contributed by atoms with Gasteiger partial charge in [0, 0.05) is 12.2 Å². The van der Waals surface area contributed by atoms with Crippen molar-refractivity contribution in [2.45, 2.75) is 18.4 Å². The van der Waals surface area contributed by atoms with E-state index in [0.717, 1.165) is 17.0 Å². The second-order valence-electron chi connectivity index (χ2n) is 6.15. The number of morpholine rings is 1. The fourth-order valence-corrected chi connectivity index (χ4v) is 2.58. The molecule has 0 saturated carbocycles. The predicted molar refractivity (Wildman–Crippen MR) is 90.3 cm³/mol. The molecule has 1 aliphatic rings. The van der Waals surface area contributed by atoms with Crippen molar-refractivity contribution in [2.75, 3.05) is 36.5 Å². The zero-order valence-corrected chi connectivity index (χ0v) is 15.1. The Kier molecular flexibility index (Phi) is 6.92. The molecule has 0 aromatic heterocycles. The van der Waals surface area contributed by atoms with Crippen molar-refractivity contribution in [3.05, 3.63) is 23.8 Å². The third-order valence-electron chi connectivity index (χ3n) is 3.92. The number of carbonyl (C=O) groups is 3. The van der Waals surface area contributed by atoms with Gasteiger partial charge in [-0.1, -0.05) is 0 Å². The minimum absolute atomic E-state index is 0.00689. The maximum Gasteiger partial charge on any atom is 0.418 e. The standard InChI is InChI=1S/C16H16F6N4O4/c17-15(18,19)7-24-12(13(23)28)14(29)25-10-2-1-8(5-9(10)16(20,21)22)26-3-4-30-6-11(26)27/h1-2,5,12,24H,3-4,6-7H2,(H2,23,28)(H,25,29)/t12-/m0/s1. The molecule has 1 heterocycles. The maximum atomic E-state index is 13.5. The molecule has 30 heavy (non-hydrogen) atoms. The van der Waals surface area contributed by atoms with Crippen LogP contribution in [0.1, 0.15) is 5.56 Å². The van der Waals surface area contributed by atoms with Crippen LogP contribution in [0.3, 0.4) is 0 Å². The molecule has 1 fully saturated rings. The number of alkyl halides is 6. The van der Waals surface area contributed by atoms with Gasteiger partial charge in [-0.05, 0) is 18.2 Å². The van der Waals surface area contributed by atoms with Crippen LogP contribution in [0, 0.1) is 0 Å². The number of ether oxygens (including phenoxy) is 1. The maximum absolute atomic E-state index is 13.5. The quantitative estimate of drug-likeness (QED) is 0.450. The van der Waals surface area contributed by atoms with Gasteiger partial charge < -0.3 is 20.7 Å². The fraction of sp³-hybridized carbons (Fsp3) is 0.438. The molecule has 166 valence electrons. The largest absolute Gasteiger partial charge is 0.418 e. The lowest BCUT2D eigenvalue weighted by atomic mass is 10.1. The predicted octanol–water partition coefficient (Wildman–Crippen LogP) is 1.01. The highest BCUT2D eigenvalue weighted by atomic mass is 19.4. The third kappa shape index (κ3) is 6.06. The summed E-state index contributed by atoms with van der Waals surface area (Å²) in [7, 11) is 0. The number of halogens is 6. The number of amides is 3. The molecule has 8 nitrogen and oxygen atoms in total. The van der Waals surface area contributed by atoms with Gasteiger partial charge in [0.25, 0.3) is 11.8 Å². The Morgan fingerprint density at radius 3 is 2.40 bits per heavy atom. The minimum Gasteiger partial charge on any atom is -0.370 e. The van der Waals surface area contributed by atoms with Gasteiger partial charge in [0.1, 0.15) is 6.61 Å². The van der Waals surface area contributed by atoms with Gasteiger partial charge in [0.05, 0.1) is 24.4 Å². The molecule has 1 aromatic rings.